The van der Waals surface area contributed by atoms with Gasteiger partial charge in [0.2, 0.25) is 0 Å². The van der Waals surface area contributed by atoms with Crippen LogP contribution in [0.2, 0.25) is 0 Å². The van der Waals surface area contributed by atoms with Crippen LogP contribution in [0.5, 0.6) is 5.75 Å². The van der Waals surface area contributed by atoms with Gasteiger partial charge in [-0.3, -0.25) is 4.68 Å². The molecule has 7 nitrogen and oxygen atoms in total. The summed E-state index contributed by atoms with van der Waals surface area (Å²) in [7, 11) is 0. The minimum atomic E-state index is -4.85. The van der Waals surface area contributed by atoms with Gasteiger partial charge in [0.1, 0.15) is 11.4 Å². The highest BCUT2D eigenvalue weighted by molar-refractivity contribution is 5.68. The van der Waals surface area contributed by atoms with Gasteiger partial charge in [0.25, 0.3) is 0 Å². The Bertz CT molecular complexity index is 981. The van der Waals surface area contributed by atoms with Gasteiger partial charge in [-0.25, -0.2) is 4.79 Å². The van der Waals surface area contributed by atoms with Gasteiger partial charge in [-0.1, -0.05) is 0 Å². The largest absolute Gasteiger partial charge is 0.573 e. The first-order valence-electron chi connectivity index (χ1n) is 9.77. The zero-order valence-electron chi connectivity index (χ0n) is 17.4. The van der Waals surface area contributed by atoms with Crippen molar-refractivity contribution in [1.82, 2.24) is 14.7 Å². The number of hydrogen-bond acceptors (Lipinski definition) is 5. The monoisotopic (exact) mass is 436 g/mol. The summed E-state index contributed by atoms with van der Waals surface area (Å²) in [5, 5.41) is 13.5. The third-order valence-electron chi connectivity index (χ3n) is 4.69. The molecule has 1 saturated heterocycles. The minimum Gasteiger partial charge on any atom is -0.444 e. The molecular formula is C21H23F3N4O3. The van der Waals surface area contributed by atoms with Gasteiger partial charge in [0.15, 0.2) is 0 Å². The number of hydrogen-bond donors (Lipinski definition) is 0. The number of aromatic nitrogens is 2. The van der Waals surface area contributed by atoms with Crippen LogP contribution in [0.15, 0.2) is 30.6 Å². The molecule has 2 aromatic rings. The van der Waals surface area contributed by atoms with E-state index >= 15 is 0 Å². The first-order valence-corrected chi connectivity index (χ1v) is 9.77. The predicted octanol–water partition coefficient (Wildman–Crippen LogP) is 4.89. The second-order valence-corrected chi connectivity index (χ2v) is 8.31. The molecule has 166 valence electrons. The van der Waals surface area contributed by atoms with Crippen molar-refractivity contribution in [3.05, 3.63) is 36.2 Å². The SMILES string of the molecule is CC(C)(C)OC(=O)N1CCC(n2cc(-c3cc(C#N)cc(OC(F)(F)F)c3)cn2)CC1. The lowest BCUT2D eigenvalue weighted by Crippen LogP contribution is -2.42. The lowest BCUT2D eigenvalue weighted by Gasteiger charge is -2.33. The quantitative estimate of drug-likeness (QED) is 0.684. The maximum atomic E-state index is 12.6. The Hall–Kier alpha value is -3.22. The molecule has 31 heavy (non-hydrogen) atoms. The minimum absolute atomic E-state index is 0.0393. The van der Waals surface area contributed by atoms with Crippen LogP contribution in [0, 0.1) is 11.3 Å². The maximum Gasteiger partial charge on any atom is 0.573 e. The molecule has 1 aliphatic heterocycles. The van der Waals surface area contributed by atoms with Crippen LogP contribution in [-0.2, 0) is 4.74 Å². The number of carbonyl (C=O) groups is 1. The summed E-state index contributed by atoms with van der Waals surface area (Å²) in [5.41, 5.74) is 0.460. The summed E-state index contributed by atoms with van der Waals surface area (Å²) in [4.78, 5) is 13.9. The Morgan fingerprint density at radius 1 is 1.16 bits per heavy atom. The second-order valence-electron chi connectivity index (χ2n) is 8.31. The molecule has 0 N–H and O–H groups in total. The molecule has 0 spiro atoms. The highest BCUT2D eigenvalue weighted by atomic mass is 19.4. The third-order valence-corrected chi connectivity index (χ3v) is 4.69. The van der Waals surface area contributed by atoms with Crippen LogP contribution in [-0.4, -0.2) is 45.8 Å². The van der Waals surface area contributed by atoms with E-state index in [4.69, 9.17) is 10.00 Å². The van der Waals surface area contributed by atoms with Crippen LogP contribution >= 0.6 is 0 Å². The zero-order valence-corrected chi connectivity index (χ0v) is 17.4. The zero-order chi connectivity index (χ0) is 22.8. The molecule has 3 rings (SSSR count). The summed E-state index contributed by atoms with van der Waals surface area (Å²) in [6.07, 6.45) is -0.604. The number of rotatable bonds is 3. The molecule has 1 aromatic heterocycles. The lowest BCUT2D eigenvalue weighted by molar-refractivity contribution is -0.274. The van der Waals surface area contributed by atoms with E-state index in [1.807, 2.05) is 26.8 Å². The summed E-state index contributed by atoms with van der Waals surface area (Å²) < 4.78 is 48.8. The van der Waals surface area contributed by atoms with Crippen LogP contribution in [0.1, 0.15) is 45.2 Å². The number of carbonyl (C=O) groups excluding carboxylic acids is 1. The van der Waals surface area contributed by atoms with Crippen LogP contribution in [0.4, 0.5) is 18.0 Å². The van der Waals surface area contributed by atoms with Gasteiger partial charge in [-0.2, -0.15) is 10.4 Å². The fourth-order valence-corrected chi connectivity index (χ4v) is 3.35. The topological polar surface area (TPSA) is 80.4 Å². The van der Waals surface area contributed by atoms with Crippen molar-refractivity contribution >= 4 is 6.09 Å². The molecule has 0 unspecified atom stereocenters. The van der Waals surface area contributed by atoms with Crippen molar-refractivity contribution in [2.45, 2.75) is 51.6 Å². The van der Waals surface area contributed by atoms with Gasteiger partial charge < -0.3 is 14.4 Å². The van der Waals surface area contributed by atoms with Crippen LogP contribution < -0.4 is 4.74 Å². The number of benzene rings is 1. The summed E-state index contributed by atoms with van der Waals surface area (Å²) >= 11 is 0. The summed E-state index contributed by atoms with van der Waals surface area (Å²) in [6, 6.07) is 5.62. The predicted molar refractivity (Wildman–Crippen MR) is 105 cm³/mol. The van der Waals surface area contributed by atoms with Crippen molar-refractivity contribution < 1.29 is 27.4 Å². The normalized spacial score (nSPS) is 15.5. The Balaban J connectivity index is 1.71. The van der Waals surface area contributed by atoms with Gasteiger partial charge in [-0.15, -0.1) is 13.2 Å². The van der Waals surface area contributed by atoms with E-state index in [1.165, 1.54) is 18.3 Å². The fraction of sp³-hybridized carbons (Fsp3) is 0.476. The molecule has 0 atom stereocenters. The number of alkyl halides is 3. The molecule has 2 heterocycles. The number of nitrogens with zero attached hydrogens (tertiary/aromatic N) is 4. The number of likely N-dealkylation sites (tertiary alicyclic amines) is 1. The lowest BCUT2D eigenvalue weighted by atomic mass is 10.0. The van der Waals surface area contributed by atoms with Gasteiger partial charge in [-0.05, 0) is 57.4 Å². The van der Waals surface area contributed by atoms with Crippen molar-refractivity contribution in [2.75, 3.05) is 13.1 Å². The molecule has 1 amide bonds. The summed E-state index contributed by atoms with van der Waals surface area (Å²) in [5.74, 6) is -0.458. The molecule has 1 aliphatic rings. The molecule has 0 bridgehead atoms. The van der Waals surface area contributed by atoms with Crippen LogP contribution in [0.25, 0.3) is 11.1 Å². The number of halogens is 3. The fourth-order valence-electron chi connectivity index (χ4n) is 3.35. The second kappa shape index (κ2) is 8.49. The van der Waals surface area contributed by atoms with Gasteiger partial charge in [0, 0.05) is 24.8 Å². The Labute approximate surface area is 178 Å². The third kappa shape index (κ3) is 6.13. The molecular weight excluding hydrogens is 413 g/mol. The summed E-state index contributed by atoms with van der Waals surface area (Å²) in [6.45, 7) is 6.48. The first-order chi connectivity index (χ1) is 14.4. The molecule has 10 heteroatoms. The Morgan fingerprint density at radius 3 is 2.42 bits per heavy atom. The highest BCUT2D eigenvalue weighted by Crippen LogP contribution is 2.31. The van der Waals surface area contributed by atoms with E-state index in [9.17, 15) is 18.0 Å². The van der Waals surface area contributed by atoms with Crippen LogP contribution in [0.3, 0.4) is 0 Å². The van der Waals surface area contributed by atoms with Gasteiger partial charge >= 0.3 is 12.5 Å². The van der Waals surface area contributed by atoms with E-state index in [1.54, 1.807) is 15.8 Å². The molecule has 0 aliphatic carbocycles. The van der Waals surface area contributed by atoms with Crippen molar-refractivity contribution in [3.8, 4) is 22.9 Å². The van der Waals surface area contributed by atoms with E-state index < -0.39 is 17.7 Å². The molecule has 1 aromatic carbocycles. The number of piperidine rings is 1. The van der Waals surface area contributed by atoms with E-state index in [0.717, 1.165) is 6.07 Å². The highest BCUT2D eigenvalue weighted by Gasteiger charge is 2.31. The van der Waals surface area contributed by atoms with E-state index in [2.05, 4.69) is 9.84 Å². The average Bonchev–Trinajstić information content (AvgIpc) is 3.15. The smallest absolute Gasteiger partial charge is 0.444 e. The Kier molecular flexibility index (Phi) is 6.15. The number of amides is 1. The standard InChI is InChI=1S/C21H23F3N4O3/c1-20(2,3)31-19(29)27-6-4-17(5-7-27)28-13-16(12-26-28)15-8-14(11-25)9-18(10-15)30-21(22,23)24/h8-10,12-13,17H,4-7H2,1-3H3. The molecule has 0 saturated carbocycles. The Morgan fingerprint density at radius 2 is 1.84 bits per heavy atom. The van der Waals surface area contributed by atoms with Gasteiger partial charge in [0.05, 0.1) is 23.9 Å². The van der Waals surface area contributed by atoms with E-state index in [0.29, 0.717) is 37.1 Å². The van der Waals surface area contributed by atoms with E-state index in [-0.39, 0.29) is 17.7 Å². The first kappa shape index (κ1) is 22.5. The molecule has 1 fully saturated rings. The maximum absolute atomic E-state index is 12.6. The average molecular weight is 436 g/mol. The molecule has 0 radical (unpaired) electrons. The van der Waals surface area contributed by atoms with Crippen molar-refractivity contribution in [1.29, 1.82) is 5.26 Å². The number of nitriles is 1. The van der Waals surface area contributed by atoms with Crippen molar-refractivity contribution in [3.63, 3.8) is 0 Å². The van der Waals surface area contributed by atoms with Crippen molar-refractivity contribution in [2.24, 2.45) is 0 Å². The number of ether oxygens (including phenoxy) is 2.